The molecule has 0 bridgehead atoms. The average Bonchev–Trinajstić information content (AvgIpc) is 2.79. The van der Waals surface area contributed by atoms with E-state index in [1.54, 1.807) is 17.7 Å². The molecule has 0 atom stereocenters. The predicted octanol–water partition coefficient (Wildman–Crippen LogP) is 0.957. The Morgan fingerprint density at radius 1 is 1.38 bits per heavy atom. The molecule has 2 rings (SSSR count). The van der Waals surface area contributed by atoms with Crippen LogP contribution in [0.15, 0.2) is 11.0 Å². The number of aromatic nitrogens is 4. The molecule has 0 aromatic carbocycles. The van der Waals surface area contributed by atoms with Crippen molar-refractivity contribution in [2.75, 3.05) is 0 Å². The van der Waals surface area contributed by atoms with Crippen molar-refractivity contribution < 1.29 is 9.90 Å². The summed E-state index contributed by atoms with van der Waals surface area (Å²) in [6, 6.07) is 0. The Morgan fingerprint density at radius 3 is 2.67 bits per heavy atom. The Balaban J connectivity index is 2.41. The van der Waals surface area contributed by atoms with Gasteiger partial charge in [-0.15, -0.1) is 0 Å². The molecule has 0 aliphatic heterocycles. The second kappa shape index (κ2) is 5.90. The van der Waals surface area contributed by atoms with Crippen LogP contribution in [0, 0.1) is 20.8 Å². The van der Waals surface area contributed by atoms with Crippen LogP contribution < -0.4 is 5.69 Å². The minimum Gasteiger partial charge on any atom is -0.481 e. The van der Waals surface area contributed by atoms with Crippen LogP contribution in [0.3, 0.4) is 0 Å². The Hall–Kier alpha value is -2.44. The van der Waals surface area contributed by atoms with Crippen molar-refractivity contribution in [1.82, 2.24) is 19.7 Å². The molecule has 2 heterocycles. The van der Waals surface area contributed by atoms with E-state index >= 15 is 0 Å². The third kappa shape index (κ3) is 3.18. The van der Waals surface area contributed by atoms with Crippen LogP contribution in [-0.4, -0.2) is 30.8 Å². The lowest BCUT2D eigenvalue weighted by atomic mass is 10.1. The van der Waals surface area contributed by atoms with Crippen LogP contribution in [0.2, 0.25) is 0 Å². The Kier molecular flexibility index (Phi) is 4.21. The monoisotopic (exact) mass is 290 g/mol. The summed E-state index contributed by atoms with van der Waals surface area (Å²) in [6.07, 6.45) is 2.06. The standard InChI is InChI=1S/C14H18N4O3/c1-8-11(6-15-17-8)7-18-10(3)12(4-5-13(19)20)9(2)16-14(18)21/h6H,4-5,7H2,1-3H3,(H,15,17)(H,19,20). The maximum absolute atomic E-state index is 12.1. The minimum atomic E-state index is -0.864. The zero-order valence-electron chi connectivity index (χ0n) is 12.3. The van der Waals surface area contributed by atoms with Crippen LogP contribution >= 0.6 is 0 Å². The summed E-state index contributed by atoms with van der Waals surface area (Å²) in [7, 11) is 0. The molecule has 2 N–H and O–H groups in total. The molecule has 0 unspecified atom stereocenters. The van der Waals surface area contributed by atoms with Gasteiger partial charge in [-0.2, -0.15) is 10.1 Å². The van der Waals surface area contributed by atoms with Crippen molar-refractivity contribution >= 4 is 5.97 Å². The fourth-order valence-corrected chi connectivity index (χ4v) is 2.32. The first-order valence-corrected chi connectivity index (χ1v) is 6.67. The summed E-state index contributed by atoms with van der Waals surface area (Å²) in [6.45, 7) is 5.82. The molecule has 0 aliphatic carbocycles. The first-order valence-electron chi connectivity index (χ1n) is 6.67. The Labute approximate surface area is 121 Å². The third-order valence-electron chi connectivity index (χ3n) is 3.62. The van der Waals surface area contributed by atoms with Crippen LogP contribution in [0.5, 0.6) is 0 Å². The molecule has 2 aromatic heterocycles. The maximum atomic E-state index is 12.1. The second-order valence-corrected chi connectivity index (χ2v) is 5.04. The van der Waals surface area contributed by atoms with Gasteiger partial charge in [0, 0.05) is 29.1 Å². The molecule has 0 saturated carbocycles. The molecule has 0 radical (unpaired) electrons. The van der Waals surface area contributed by atoms with Crippen molar-refractivity contribution in [1.29, 1.82) is 0 Å². The zero-order valence-corrected chi connectivity index (χ0v) is 12.3. The van der Waals surface area contributed by atoms with Gasteiger partial charge in [-0.1, -0.05) is 0 Å². The van der Waals surface area contributed by atoms with Crippen LogP contribution in [-0.2, 0) is 17.8 Å². The van der Waals surface area contributed by atoms with Crippen molar-refractivity contribution in [3.63, 3.8) is 0 Å². The van der Waals surface area contributed by atoms with E-state index in [-0.39, 0.29) is 12.1 Å². The lowest BCUT2D eigenvalue weighted by Crippen LogP contribution is -2.28. The fourth-order valence-electron chi connectivity index (χ4n) is 2.32. The van der Waals surface area contributed by atoms with E-state index < -0.39 is 5.97 Å². The van der Waals surface area contributed by atoms with Crippen LogP contribution in [0.4, 0.5) is 0 Å². The SMILES string of the molecule is Cc1nc(=O)n(Cc2cn[nH]c2C)c(C)c1CCC(=O)O. The molecule has 21 heavy (non-hydrogen) atoms. The number of hydrogen-bond acceptors (Lipinski definition) is 4. The quantitative estimate of drug-likeness (QED) is 0.854. The highest BCUT2D eigenvalue weighted by Gasteiger charge is 2.14. The van der Waals surface area contributed by atoms with Crippen molar-refractivity contribution in [3.05, 3.63) is 44.9 Å². The van der Waals surface area contributed by atoms with Gasteiger partial charge in [0.25, 0.3) is 0 Å². The number of rotatable bonds is 5. The Bertz CT molecular complexity index is 730. The molecule has 0 fully saturated rings. The van der Waals surface area contributed by atoms with E-state index in [9.17, 15) is 9.59 Å². The molecule has 2 aromatic rings. The lowest BCUT2D eigenvalue weighted by molar-refractivity contribution is -0.136. The van der Waals surface area contributed by atoms with Crippen molar-refractivity contribution in [2.45, 2.75) is 40.2 Å². The normalized spacial score (nSPS) is 10.8. The van der Waals surface area contributed by atoms with Gasteiger partial charge in [0.2, 0.25) is 0 Å². The van der Waals surface area contributed by atoms with Gasteiger partial charge >= 0.3 is 11.7 Å². The number of carbonyl (C=O) groups is 1. The largest absolute Gasteiger partial charge is 0.481 e. The summed E-state index contributed by atoms with van der Waals surface area (Å²) >= 11 is 0. The van der Waals surface area contributed by atoms with Crippen molar-refractivity contribution in [3.8, 4) is 0 Å². The predicted molar refractivity (Wildman–Crippen MR) is 76.4 cm³/mol. The summed E-state index contributed by atoms with van der Waals surface area (Å²) < 4.78 is 1.56. The van der Waals surface area contributed by atoms with Crippen molar-refractivity contribution in [2.24, 2.45) is 0 Å². The van der Waals surface area contributed by atoms with E-state index in [1.807, 2.05) is 13.8 Å². The number of nitrogens with one attached hydrogen (secondary N) is 1. The Morgan fingerprint density at radius 2 is 2.10 bits per heavy atom. The number of nitrogens with zero attached hydrogens (tertiary/aromatic N) is 3. The highest BCUT2D eigenvalue weighted by molar-refractivity contribution is 5.67. The molecule has 7 nitrogen and oxygen atoms in total. The second-order valence-electron chi connectivity index (χ2n) is 5.04. The zero-order chi connectivity index (χ0) is 15.6. The van der Waals surface area contributed by atoms with E-state index in [1.165, 1.54) is 0 Å². The summed E-state index contributed by atoms with van der Waals surface area (Å²) in [5.41, 5.74) is 3.65. The van der Waals surface area contributed by atoms with E-state index in [0.29, 0.717) is 18.7 Å². The molecule has 112 valence electrons. The van der Waals surface area contributed by atoms with E-state index in [4.69, 9.17) is 5.11 Å². The van der Waals surface area contributed by atoms with E-state index in [2.05, 4.69) is 15.2 Å². The highest BCUT2D eigenvalue weighted by atomic mass is 16.4. The fraction of sp³-hybridized carbons (Fsp3) is 0.429. The topological polar surface area (TPSA) is 101 Å². The minimum absolute atomic E-state index is 0.0201. The number of aromatic amines is 1. The number of aryl methyl sites for hydroxylation is 2. The maximum Gasteiger partial charge on any atom is 0.348 e. The number of carboxylic acids is 1. The van der Waals surface area contributed by atoms with Gasteiger partial charge in [0.05, 0.1) is 12.7 Å². The van der Waals surface area contributed by atoms with Crippen LogP contribution in [0.25, 0.3) is 0 Å². The van der Waals surface area contributed by atoms with Gasteiger partial charge < -0.3 is 5.11 Å². The first kappa shape index (κ1) is 15.0. The van der Waals surface area contributed by atoms with Gasteiger partial charge in [-0.25, -0.2) is 4.79 Å². The summed E-state index contributed by atoms with van der Waals surface area (Å²) in [5, 5.41) is 15.6. The molecule has 0 spiro atoms. The van der Waals surface area contributed by atoms with Gasteiger partial charge in [0.15, 0.2) is 0 Å². The summed E-state index contributed by atoms with van der Waals surface area (Å²) in [4.78, 5) is 26.8. The molecule has 0 amide bonds. The smallest absolute Gasteiger partial charge is 0.348 e. The summed E-state index contributed by atoms with van der Waals surface area (Å²) in [5.74, 6) is -0.864. The highest BCUT2D eigenvalue weighted by Crippen LogP contribution is 2.14. The molecule has 0 aliphatic rings. The number of H-pyrrole nitrogens is 1. The van der Waals surface area contributed by atoms with Gasteiger partial charge in [0.1, 0.15) is 0 Å². The number of aliphatic carboxylic acids is 1. The van der Waals surface area contributed by atoms with Gasteiger partial charge in [-0.05, 0) is 32.8 Å². The van der Waals surface area contributed by atoms with E-state index in [0.717, 1.165) is 22.5 Å². The van der Waals surface area contributed by atoms with Crippen LogP contribution in [0.1, 0.15) is 34.6 Å². The average molecular weight is 290 g/mol. The molecule has 0 saturated heterocycles. The third-order valence-corrected chi connectivity index (χ3v) is 3.62. The first-order chi connectivity index (χ1) is 9.90. The lowest BCUT2D eigenvalue weighted by Gasteiger charge is -2.14. The number of hydrogen-bond donors (Lipinski definition) is 2. The van der Waals surface area contributed by atoms with Gasteiger partial charge in [-0.3, -0.25) is 14.5 Å². The molecular formula is C14H18N4O3. The number of carboxylic acid groups (broad SMARTS) is 1. The molecular weight excluding hydrogens is 272 g/mol. The molecule has 7 heteroatoms.